The van der Waals surface area contributed by atoms with Crippen molar-refractivity contribution in [2.45, 2.75) is 20.8 Å². The standard InChI is InChI=1S/C16H17BrN2O/c1-9-4-5-12(18)8-14(9)16(20)19-13-6-10(2)15(17)11(3)7-13/h4-8H,18H2,1-3H3,(H,19,20). The highest BCUT2D eigenvalue weighted by molar-refractivity contribution is 9.10. The predicted molar refractivity (Wildman–Crippen MR) is 87.2 cm³/mol. The Morgan fingerprint density at radius 3 is 2.25 bits per heavy atom. The molecule has 0 bridgehead atoms. The quantitative estimate of drug-likeness (QED) is 0.809. The lowest BCUT2D eigenvalue weighted by molar-refractivity contribution is 0.102. The molecule has 104 valence electrons. The van der Waals surface area contributed by atoms with Crippen LogP contribution in [0.3, 0.4) is 0 Å². The Balaban J connectivity index is 2.30. The highest BCUT2D eigenvalue weighted by Gasteiger charge is 2.11. The molecule has 20 heavy (non-hydrogen) atoms. The molecule has 0 saturated carbocycles. The number of carbonyl (C=O) groups is 1. The van der Waals surface area contributed by atoms with Crippen LogP contribution in [0, 0.1) is 20.8 Å². The molecule has 3 N–H and O–H groups in total. The van der Waals surface area contributed by atoms with E-state index in [9.17, 15) is 4.79 Å². The van der Waals surface area contributed by atoms with Crippen LogP contribution in [0.2, 0.25) is 0 Å². The van der Waals surface area contributed by atoms with Crippen molar-refractivity contribution in [2.75, 3.05) is 11.1 Å². The summed E-state index contributed by atoms with van der Waals surface area (Å²) in [6.45, 7) is 5.89. The summed E-state index contributed by atoms with van der Waals surface area (Å²) < 4.78 is 1.07. The number of halogens is 1. The summed E-state index contributed by atoms with van der Waals surface area (Å²) in [4.78, 5) is 12.3. The molecule has 0 unspecified atom stereocenters. The van der Waals surface area contributed by atoms with E-state index in [2.05, 4.69) is 21.2 Å². The maximum Gasteiger partial charge on any atom is 0.256 e. The Labute approximate surface area is 127 Å². The smallest absolute Gasteiger partial charge is 0.256 e. The lowest BCUT2D eigenvalue weighted by Crippen LogP contribution is -2.14. The molecule has 0 aliphatic rings. The minimum absolute atomic E-state index is 0.143. The van der Waals surface area contributed by atoms with E-state index >= 15 is 0 Å². The Morgan fingerprint density at radius 2 is 1.65 bits per heavy atom. The van der Waals surface area contributed by atoms with Gasteiger partial charge in [-0.1, -0.05) is 22.0 Å². The molecule has 3 nitrogen and oxygen atoms in total. The average Bonchev–Trinajstić information content (AvgIpc) is 2.38. The summed E-state index contributed by atoms with van der Waals surface area (Å²) in [6.07, 6.45) is 0. The van der Waals surface area contributed by atoms with Crippen molar-refractivity contribution in [3.05, 3.63) is 57.1 Å². The van der Waals surface area contributed by atoms with Crippen molar-refractivity contribution in [1.82, 2.24) is 0 Å². The first-order valence-corrected chi connectivity index (χ1v) is 7.12. The van der Waals surface area contributed by atoms with E-state index in [0.29, 0.717) is 11.3 Å². The Bertz CT molecular complexity index is 657. The van der Waals surface area contributed by atoms with E-state index in [1.165, 1.54) is 0 Å². The normalized spacial score (nSPS) is 10.4. The van der Waals surface area contributed by atoms with Crippen LogP contribution in [0.1, 0.15) is 27.0 Å². The van der Waals surface area contributed by atoms with Gasteiger partial charge in [0.2, 0.25) is 0 Å². The van der Waals surface area contributed by atoms with E-state index in [4.69, 9.17) is 5.73 Å². The lowest BCUT2D eigenvalue weighted by atomic mass is 10.1. The van der Waals surface area contributed by atoms with Gasteiger partial charge in [-0.25, -0.2) is 0 Å². The zero-order valence-corrected chi connectivity index (χ0v) is 13.3. The minimum Gasteiger partial charge on any atom is -0.399 e. The number of carbonyl (C=O) groups excluding carboxylic acids is 1. The fourth-order valence-corrected chi connectivity index (χ4v) is 2.33. The van der Waals surface area contributed by atoms with Crippen LogP contribution in [0.4, 0.5) is 11.4 Å². The molecular weight excluding hydrogens is 316 g/mol. The Kier molecular flexibility index (Phi) is 4.14. The van der Waals surface area contributed by atoms with Crippen LogP contribution in [-0.2, 0) is 0 Å². The molecule has 0 heterocycles. The molecule has 4 heteroatoms. The van der Waals surface area contributed by atoms with Crippen molar-refractivity contribution < 1.29 is 4.79 Å². The number of nitrogens with one attached hydrogen (secondary N) is 1. The highest BCUT2D eigenvalue weighted by atomic mass is 79.9. The van der Waals surface area contributed by atoms with Gasteiger partial charge in [0.15, 0.2) is 0 Å². The third-order valence-corrected chi connectivity index (χ3v) is 4.45. The van der Waals surface area contributed by atoms with Crippen molar-refractivity contribution >= 4 is 33.2 Å². The highest BCUT2D eigenvalue weighted by Crippen LogP contribution is 2.25. The number of aryl methyl sites for hydroxylation is 3. The van der Waals surface area contributed by atoms with Gasteiger partial charge in [0.1, 0.15) is 0 Å². The number of rotatable bonds is 2. The fraction of sp³-hybridized carbons (Fsp3) is 0.188. The SMILES string of the molecule is Cc1ccc(N)cc1C(=O)Nc1cc(C)c(Br)c(C)c1. The van der Waals surface area contributed by atoms with Crippen LogP contribution >= 0.6 is 15.9 Å². The van der Waals surface area contributed by atoms with E-state index in [1.54, 1.807) is 12.1 Å². The van der Waals surface area contributed by atoms with Gasteiger partial charge in [0.05, 0.1) is 0 Å². The molecule has 2 aromatic carbocycles. The molecule has 0 spiro atoms. The topological polar surface area (TPSA) is 55.1 Å². The van der Waals surface area contributed by atoms with Gasteiger partial charge in [-0.3, -0.25) is 4.79 Å². The number of hydrogen-bond acceptors (Lipinski definition) is 2. The van der Waals surface area contributed by atoms with E-state index in [-0.39, 0.29) is 5.91 Å². The number of benzene rings is 2. The van der Waals surface area contributed by atoms with Crippen LogP contribution in [0.5, 0.6) is 0 Å². The maximum absolute atomic E-state index is 12.3. The van der Waals surface area contributed by atoms with Crippen LogP contribution in [0.15, 0.2) is 34.8 Å². The van der Waals surface area contributed by atoms with Gasteiger partial charge < -0.3 is 11.1 Å². The Hall–Kier alpha value is -1.81. The molecule has 0 radical (unpaired) electrons. The number of hydrogen-bond donors (Lipinski definition) is 2. The third-order valence-electron chi connectivity index (χ3n) is 3.20. The molecule has 0 saturated heterocycles. The zero-order chi connectivity index (χ0) is 14.9. The summed E-state index contributed by atoms with van der Waals surface area (Å²) in [6, 6.07) is 9.22. The van der Waals surface area contributed by atoms with Gasteiger partial charge in [0.25, 0.3) is 5.91 Å². The largest absolute Gasteiger partial charge is 0.399 e. The number of nitrogens with two attached hydrogens (primary N) is 1. The second-order valence-corrected chi connectivity index (χ2v) is 5.75. The first-order valence-electron chi connectivity index (χ1n) is 6.32. The molecule has 0 aliphatic heterocycles. The van der Waals surface area contributed by atoms with Gasteiger partial charge in [0, 0.05) is 21.4 Å². The number of amides is 1. The van der Waals surface area contributed by atoms with Crippen LogP contribution in [-0.4, -0.2) is 5.91 Å². The van der Waals surface area contributed by atoms with Gasteiger partial charge >= 0.3 is 0 Å². The van der Waals surface area contributed by atoms with Gasteiger partial charge in [-0.2, -0.15) is 0 Å². The first-order chi connectivity index (χ1) is 9.38. The van der Waals surface area contributed by atoms with Crippen molar-refractivity contribution in [3.63, 3.8) is 0 Å². The van der Waals surface area contributed by atoms with E-state index in [1.807, 2.05) is 39.0 Å². The van der Waals surface area contributed by atoms with Crippen molar-refractivity contribution in [2.24, 2.45) is 0 Å². The maximum atomic E-state index is 12.3. The van der Waals surface area contributed by atoms with Crippen molar-refractivity contribution in [3.8, 4) is 0 Å². The summed E-state index contributed by atoms with van der Waals surface area (Å²) in [5.74, 6) is -0.143. The second-order valence-electron chi connectivity index (χ2n) is 4.95. The van der Waals surface area contributed by atoms with Gasteiger partial charge in [-0.05, 0) is 61.7 Å². The van der Waals surface area contributed by atoms with E-state index in [0.717, 1.165) is 26.9 Å². The molecule has 2 rings (SSSR count). The fourth-order valence-electron chi connectivity index (χ4n) is 2.10. The molecule has 2 aromatic rings. The van der Waals surface area contributed by atoms with Gasteiger partial charge in [-0.15, -0.1) is 0 Å². The van der Waals surface area contributed by atoms with Crippen LogP contribution in [0.25, 0.3) is 0 Å². The molecule has 0 fully saturated rings. The Morgan fingerprint density at radius 1 is 1.05 bits per heavy atom. The summed E-state index contributed by atoms with van der Waals surface area (Å²) in [5.41, 5.74) is 10.8. The van der Waals surface area contributed by atoms with Crippen LogP contribution < -0.4 is 11.1 Å². The molecule has 0 aromatic heterocycles. The average molecular weight is 333 g/mol. The summed E-state index contributed by atoms with van der Waals surface area (Å²) >= 11 is 3.52. The second kappa shape index (κ2) is 5.67. The summed E-state index contributed by atoms with van der Waals surface area (Å²) in [5, 5.41) is 2.92. The lowest BCUT2D eigenvalue weighted by Gasteiger charge is -2.11. The van der Waals surface area contributed by atoms with Crippen molar-refractivity contribution in [1.29, 1.82) is 0 Å². The molecule has 0 atom stereocenters. The molecule has 0 aliphatic carbocycles. The monoisotopic (exact) mass is 332 g/mol. The number of anilines is 2. The minimum atomic E-state index is -0.143. The first kappa shape index (κ1) is 14.6. The molecular formula is C16H17BrN2O. The molecule has 1 amide bonds. The predicted octanol–water partition coefficient (Wildman–Crippen LogP) is 4.21. The third kappa shape index (κ3) is 3.02. The number of nitrogen functional groups attached to an aromatic ring is 1. The van der Waals surface area contributed by atoms with E-state index < -0.39 is 0 Å². The zero-order valence-electron chi connectivity index (χ0n) is 11.8. The summed E-state index contributed by atoms with van der Waals surface area (Å²) in [7, 11) is 0.